The van der Waals surface area contributed by atoms with Gasteiger partial charge in [-0.3, -0.25) is 14.9 Å². The summed E-state index contributed by atoms with van der Waals surface area (Å²) in [6, 6.07) is 14.0. The highest BCUT2D eigenvalue weighted by molar-refractivity contribution is 6.03. The molecule has 3 aromatic rings. The van der Waals surface area contributed by atoms with Crippen LogP contribution in [-0.4, -0.2) is 16.8 Å². The zero-order chi connectivity index (χ0) is 15.5. The summed E-state index contributed by atoms with van der Waals surface area (Å²) in [6.07, 6.45) is 0. The van der Waals surface area contributed by atoms with Crippen LogP contribution in [0.25, 0.3) is 11.1 Å². The van der Waals surface area contributed by atoms with Gasteiger partial charge in [0.05, 0.1) is 0 Å². The first-order valence-electron chi connectivity index (χ1n) is 6.66. The third-order valence-corrected chi connectivity index (χ3v) is 2.97. The molecule has 2 amide bonds. The molecule has 110 valence electrons. The molecule has 0 spiro atoms. The molecule has 0 aliphatic rings. The molecule has 2 N–H and O–H groups in total. The molecule has 0 atom stereocenters. The number of carbonyl (C=O) groups excluding carboxylic acids is 2. The highest BCUT2D eigenvalue weighted by atomic mass is 16.4. The third-order valence-electron chi connectivity index (χ3n) is 2.97. The Kier molecular flexibility index (Phi) is 3.57. The summed E-state index contributed by atoms with van der Waals surface area (Å²) in [5.41, 5.74) is 2.20. The number of anilines is 2. The van der Waals surface area contributed by atoms with Gasteiger partial charge in [0.15, 0.2) is 5.58 Å². The van der Waals surface area contributed by atoms with Crippen molar-refractivity contribution in [1.29, 1.82) is 0 Å². The Morgan fingerprint density at radius 3 is 2.55 bits per heavy atom. The molecule has 6 nitrogen and oxygen atoms in total. The Morgan fingerprint density at radius 1 is 1.05 bits per heavy atom. The number of oxazole rings is 1. The molecule has 6 heteroatoms. The van der Waals surface area contributed by atoms with Crippen LogP contribution in [0.15, 0.2) is 52.9 Å². The fraction of sp³-hybridized carbons (Fsp3) is 0.0625. The smallest absolute Gasteiger partial charge is 0.302 e. The van der Waals surface area contributed by atoms with Crippen molar-refractivity contribution in [1.82, 2.24) is 4.98 Å². The molecule has 0 radical (unpaired) electrons. The van der Waals surface area contributed by atoms with Crippen molar-refractivity contribution in [2.24, 2.45) is 0 Å². The quantitative estimate of drug-likeness (QED) is 0.777. The summed E-state index contributed by atoms with van der Waals surface area (Å²) in [4.78, 5) is 27.3. The van der Waals surface area contributed by atoms with E-state index in [9.17, 15) is 9.59 Å². The van der Waals surface area contributed by atoms with E-state index < -0.39 is 0 Å². The number of hydrogen-bond donors (Lipinski definition) is 2. The summed E-state index contributed by atoms with van der Waals surface area (Å²) < 4.78 is 5.49. The summed E-state index contributed by atoms with van der Waals surface area (Å²) in [5, 5.41) is 5.26. The van der Waals surface area contributed by atoms with Crippen LogP contribution in [0.3, 0.4) is 0 Å². The van der Waals surface area contributed by atoms with Gasteiger partial charge in [-0.05, 0) is 24.3 Å². The maximum absolute atomic E-state index is 12.0. The van der Waals surface area contributed by atoms with E-state index >= 15 is 0 Å². The second-order valence-electron chi connectivity index (χ2n) is 4.70. The van der Waals surface area contributed by atoms with E-state index in [0.29, 0.717) is 22.4 Å². The lowest BCUT2D eigenvalue weighted by Gasteiger charge is -2.00. The van der Waals surface area contributed by atoms with Crippen molar-refractivity contribution in [3.8, 4) is 0 Å². The van der Waals surface area contributed by atoms with Gasteiger partial charge in [-0.2, -0.15) is 4.98 Å². The highest BCUT2D eigenvalue weighted by Crippen LogP contribution is 2.22. The minimum atomic E-state index is -0.297. The van der Waals surface area contributed by atoms with Crippen LogP contribution in [0.5, 0.6) is 0 Å². The molecule has 1 aromatic heterocycles. The molecular formula is C16H13N3O3. The minimum Gasteiger partial charge on any atom is -0.423 e. The Labute approximate surface area is 126 Å². The summed E-state index contributed by atoms with van der Waals surface area (Å²) in [7, 11) is 0. The lowest BCUT2D eigenvalue weighted by atomic mass is 10.2. The normalized spacial score (nSPS) is 10.4. The number of aromatic nitrogens is 1. The first-order chi connectivity index (χ1) is 10.6. The minimum absolute atomic E-state index is 0.115. The van der Waals surface area contributed by atoms with Crippen molar-refractivity contribution < 1.29 is 14.0 Å². The van der Waals surface area contributed by atoms with Crippen molar-refractivity contribution >= 4 is 34.6 Å². The first-order valence-corrected chi connectivity index (χ1v) is 6.66. The average Bonchev–Trinajstić information content (AvgIpc) is 2.89. The Hall–Kier alpha value is -3.15. The zero-order valence-electron chi connectivity index (χ0n) is 11.8. The summed E-state index contributed by atoms with van der Waals surface area (Å²) in [6.45, 7) is 1.43. The monoisotopic (exact) mass is 295 g/mol. The van der Waals surface area contributed by atoms with Crippen LogP contribution in [-0.2, 0) is 4.79 Å². The predicted molar refractivity (Wildman–Crippen MR) is 82.7 cm³/mol. The predicted octanol–water partition coefficient (Wildman–Crippen LogP) is 3.04. The molecule has 0 unspecified atom stereocenters. The van der Waals surface area contributed by atoms with Crippen molar-refractivity contribution in [2.75, 3.05) is 10.6 Å². The molecule has 22 heavy (non-hydrogen) atoms. The Bertz CT molecular complexity index is 840. The van der Waals surface area contributed by atoms with E-state index in [4.69, 9.17) is 4.42 Å². The van der Waals surface area contributed by atoms with Gasteiger partial charge in [-0.15, -0.1) is 0 Å². The third kappa shape index (κ3) is 2.95. The molecule has 2 aromatic carbocycles. The van der Waals surface area contributed by atoms with Gasteiger partial charge in [0.1, 0.15) is 5.52 Å². The molecule has 0 fully saturated rings. The molecule has 3 rings (SSSR count). The van der Waals surface area contributed by atoms with Crippen LogP contribution in [0.2, 0.25) is 0 Å². The maximum Gasteiger partial charge on any atom is 0.302 e. The number of nitrogens with one attached hydrogen (secondary N) is 2. The van der Waals surface area contributed by atoms with E-state index in [2.05, 4.69) is 15.6 Å². The molecule has 0 saturated carbocycles. The number of fused-ring (bicyclic) bond motifs is 1. The van der Waals surface area contributed by atoms with Crippen LogP contribution >= 0.6 is 0 Å². The number of benzene rings is 2. The molecule has 0 aliphatic heterocycles. The van der Waals surface area contributed by atoms with E-state index in [1.54, 1.807) is 42.5 Å². The second kappa shape index (κ2) is 5.69. The molecular weight excluding hydrogens is 282 g/mol. The lowest BCUT2D eigenvalue weighted by molar-refractivity contribution is -0.114. The topological polar surface area (TPSA) is 84.2 Å². The number of carbonyl (C=O) groups is 2. The second-order valence-corrected chi connectivity index (χ2v) is 4.70. The fourth-order valence-electron chi connectivity index (χ4n) is 2.02. The van der Waals surface area contributed by atoms with Crippen LogP contribution in [0.1, 0.15) is 17.3 Å². The van der Waals surface area contributed by atoms with E-state index in [1.165, 1.54) is 6.92 Å². The van der Waals surface area contributed by atoms with E-state index in [0.717, 1.165) is 0 Å². The number of rotatable bonds is 3. The molecule has 0 bridgehead atoms. The van der Waals surface area contributed by atoms with Crippen LogP contribution in [0.4, 0.5) is 11.7 Å². The summed E-state index contributed by atoms with van der Waals surface area (Å²) >= 11 is 0. The van der Waals surface area contributed by atoms with Crippen LogP contribution < -0.4 is 10.6 Å². The van der Waals surface area contributed by atoms with E-state index in [-0.39, 0.29) is 17.8 Å². The molecule has 0 saturated heterocycles. The van der Waals surface area contributed by atoms with Gasteiger partial charge in [0, 0.05) is 24.2 Å². The van der Waals surface area contributed by atoms with Crippen molar-refractivity contribution in [3.05, 3.63) is 54.1 Å². The molecule has 1 heterocycles. The Morgan fingerprint density at radius 2 is 1.82 bits per heavy atom. The van der Waals surface area contributed by atoms with Gasteiger partial charge in [0.2, 0.25) is 5.91 Å². The van der Waals surface area contributed by atoms with Crippen molar-refractivity contribution in [3.63, 3.8) is 0 Å². The Balaban J connectivity index is 1.83. The van der Waals surface area contributed by atoms with Gasteiger partial charge in [-0.25, -0.2) is 0 Å². The van der Waals surface area contributed by atoms with Gasteiger partial charge in [-0.1, -0.05) is 18.2 Å². The lowest BCUT2D eigenvalue weighted by Crippen LogP contribution is -2.11. The van der Waals surface area contributed by atoms with Gasteiger partial charge >= 0.3 is 6.01 Å². The average molecular weight is 295 g/mol. The maximum atomic E-state index is 12.0. The van der Waals surface area contributed by atoms with Gasteiger partial charge in [0.25, 0.3) is 5.91 Å². The van der Waals surface area contributed by atoms with Crippen LogP contribution in [0, 0.1) is 0 Å². The largest absolute Gasteiger partial charge is 0.423 e. The van der Waals surface area contributed by atoms with Gasteiger partial charge < -0.3 is 9.73 Å². The summed E-state index contributed by atoms with van der Waals surface area (Å²) in [5.74, 6) is -0.467. The first kappa shape index (κ1) is 13.8. The van der Waals surface area contributed by atoms with E-state index in [1.807, 2.05) is 6.07 Å². The SMILES string of the molecule is CC(=O)Nc1ccc2nc(NC(=O)c3ccccc3)oc2c1. The number of hydrogen-bond acceptors (Lipinski definition) is 4. The standard InChI is InChI=1S/C16H13N3O3/c1-10(20)17-12-7-8-13-14(9-12)22-16(18-13)19-15(21)11-5-3-2-4-6-11/h2-9H,1H3,(H,17,20)(H,18,19,21). The number of amides is 2. The molecule has 0 aliphatic carbocycles. The fourth-order valence-corrected chi connectivity index (χ4v) is 2.02. The van der Waals surface area contributed by atoms with Crippen molar-refractivity contribution in [2.45, 2.75) is 6.92 Å². The zero-order valence-corrected chi connectivity index (χ0v) is 11.8. The highest BCUT2D eigenvalue weighted by Gasteiger charge is 2.11. The number of nitrogens with zero attached hydrogens (tertiary/aromatic N) is 1.